The molecule has 3 aromatic heterocycles. The van der Waals surface area contributed by atoms with Crippen molar-refractivity contribution in [3.63, 3.8) is 0 Å². The molecular weight excluding hydrogens is 346 g/mol. The lowest BCUT2D eigenvalue weighted by Crippen LogP contribution is -2.36. The van der Waals surface area contributed by atoms with Crippen LogP contribution in [0.1, 0.15) is 35.0 Å². The van der Waals surface area contributed by atoms with Crippen molar-refractivity contribution in [3.05, 3.63) is 47.8 Å². The summed E-state index contributed by atoms with van der Waals surface area (Å²) in [6, 6.07) is 3.44. The highest BCUT2D eigenvalue weighted by Gasteiger charge is 2.29. The summed E-state index contributed by atoms with van der Waals surface area (Å²) in [5.41, 5.74) is 4.24. The molecular formula is C19H21N5O3. The number of oxazole rings is 1. The van der Waals surface area contributed by atoms with Gasteiger partial charge >= 0.3 is 0 Å². The molecule has 140 valence electrons. The molecule has 8 heteroatoms. The van der Waals surface area contributed by atoms with Gasteiger partial charge in [0.15, 0.2) is 6.39 Å². The fourth-order valence-electron chi connectivity index (χ4n) is 3.41. The van der Waals surface area contributed by atoms with Crippen LogP contribution in [-0.4, -0.2) is 44.2 Å². The summed E-state index contributed by atoms with van der Waals surface area (Å²) in [6.07, 6.45) is 6.29. The Morgan fingerprint density at radius 1 is 1.33 bits per heavy atom. The molecule has 0 aromatic carbocycles. The molecule has 0 bridgehead atoms. The zero-order chi connectivity index (χ0) is 18.8. The van der Waals surface area contributed by atoms with Gasteiger partial charge in [-0.25, -0.2) is 9.97 Å². The van der Waals surface area contributed by atoms with Crippen molar-refractivity contribution in [2.75, 3.05) is 13.7 Å². The van der Waals surface area contributed by atoms with Crippen LogP contribution in [0.5, 0.6) is 5.88 Å². The van der Waals surface area contributed by atoms with E-state index in [1.165, 1.54) is 12.1 Å². The molecule has 0 saturated heterocycles. The first-order valence-electron chi connectivity index (χ1n) is 8.97. The maximum absolute atomic E-state index is 12.9. The Morgan fingerprint density at radius 3 is 2.89 bits per heavy atom. The Kier molecular flexibility index (Phi) is 4.62. The Bertz CT molecular complexity index is 931. The first-order chi connectivity index (χ1) is 13.2. The third kappa shape index (κ3) is 3.18. The van der Waals surface area contributed by atoms with Gasteiger partial charge in [0, 0.05) is 43.0 Å². The minimum absolute atomic E-state index is 0.0508. The van der Waals surface area contributed by atoms with Gasteiger partial charge in [-0.2, -0.15) is 5.10 Å². The Balaban J connectivity index is 1.64. The van der Waals surface area contributed by atoms with Crippen molar-refractivity contribution < 1.29 is 13.9 Å². The zero-order valence-corrected chi connectivity index (χ0v) is 15.4. The fourth-order valence-corrected chi connectivity index (χ4v) is 3.41. The second kappa shape index (κ2) is 7.22. The van der Waals surface area contributed by atoms with E-state index in [9.17, 15) is 4.79 Å². The Labute approximate surface area is 156 Å². The molecule has 0 saturated carbocycles. The highest BCUT2D eigenvalue weighted by molar-refractivity contribution is 5.94. The number of fused-ring (bicyclic) bond motifs is 1. The number of aromatic nitrogens is 4. The lowest BCUT2D eigenvalue weighted by molar-refractivity contribution is 0.0733. The summed E-state index contributed by atoms with van der Waals surface area (Å²) in [6.45, 7) is 4.10. The summed E-state index contributed by atoms with van der Waals surface area (Å²) >= 11 is 0. The van der Waals surface area contributed by atoms with E-state index in [-0.39, 0.29) is 5.91 Å². The van der Waals surface area contributed by atoms with Crippen molar-refractivity contribution in [2.24, 2.45) is 0 Å². The van der Waals surface area contributed by atoms with Crippen LogP contribution < -0.4 is 4.74 Å². The molecule has 8 nitrogen and oxygen atoms in total. The number of ether oxygens (including phenoxy) is 1. The van der Waals surface area contributed by atoms with Crippen molar-refractivity contribution in [2.45, 2.75) is 32.9 Å². The first-order valence-corrected chi connectivity index (χ1v) is 8.97. The van der Waals surface area contributed by atoms with E-state index in [0.717, 1.165) is 30.6 Å². The van der Waals surface area contributed by atoms with E-state index >= 15 is 0 Å². The number of nitrogens with zero attached hydrogens (tertiary/aromatic N) is 5. The number of amides is 1. The number of rotatable bonds is 5. The molecule has 1 aliphatic heterocycles. The predicted octanol–water partition coefficient (Wildman–Crippen LogP) is 2.55. The standard InChI is InChI=1S/C19H21N5O3/c1-3-7-24-16-6-8-23(19(25)13-4-5-17(26-2)20-9-13)10-14(16)18(22-24)15-11-27-12-21-15/h4-5,9,11-12H,3,6-8,10H2,1-2H3. The molecule has 0 N–H and O–H groups in total. The number of carbonyl (C=O) groups is 1. The van der Waals surface area contributed by atoms with E-state index < -0.39 is 0 Å². The van der Waals surface area contributed by atoms with Gasteiger partial charge in [-0.1, -0.05) is 6.92 Å². The number of methoxy groups -OCH3 is 1. The maximum atomic E-state index is 12.9. The number of carbonyl (C=O) groups excluding carboxylic acids is 1. The zero-order valence-electron chi connectivity index (χ0n) is 15.4. The summed E-state index contributed by atoms with van der Waals surface area (Å²) in [7, 11) is 1.55. The SMILES string of the molecule is CCCn1nc(-c2cocn2)c2c1CCN(C(=O)c1ccc(OC)nc1)C2. The fraction of sp³-hybridized carbons (Fsp3) is 0.368. The predicted molar refractivity (Wildman–Crippen MR) is 97.2 cm³/mol. The van der Waals surface area contributed by atoms with Crippen LogP contribution in [-0.2, 0) is 19.5 Å². The van der Waals surface area contributed by atoms with Crippen molar-refractivity contribution in [3.8, 4) is 17.3 Å². The van der Waals surface area contributed by atoms with Gasteiger partial charge in [-0.15, -0.1) is 0 Å². The Morgan fingerprint density at radius 2 is 2.22 bits per heavy atom. The van der Waals surface area contributed by atoms with Gasteiger partial charge in [0.05, 0.1) is 19.2 Å². The second-order valence-electron chi connectivity index (χ2n) is 6.44. The quantitative estimate of drug-likeness (QED) is 0.689. The van der Waals surface area contributed by atoms with Crippen LogP contribution in [0.2, 0.25) is 0 Å². The molecule has 4 rings (SSSR count). The monoisotopic (exact) mass is 367 g/mol. The highest BCUT2D eigenvalue weighted by Crippen LogP contribution is 2.30. The van der Waals surface area contributed by atoms with E-state index in [0.29, 0.717) is 30.2 Å². The van der Waals surface area contributed by atoms with Crippen LogP contribution in [0.4, 0.5) is 0 Å². The molecule has 1 aliphatic rings. The van der Waals surface area contributed by atoms with Gasteiger partial charge in [0.25, 0.3) is 5.91 Å². The smallest absolute Gasteiger partial charge is 0.255 e. The van der Waals surface area contributed by atoms with Gasteiger partial charge in [-0.05, 0) is 12.5 Å². The van der Waals surface area contributed by atoms with Gasteiger partial charge < -0.3 is 14.1 Å². The lowest BCUT2D eigenvalue weighted by atomic mass is 10.0. The van der Waals surface area contributed by atoms with Crippen molar-refractivity contribution in [1.29, 1.82) is 0 Å². The molecule has 27 heavy (non-hydrogen) atoms. The molecule has 0 atom stereocenters. The number of pyridine rings is 1. The highest BCUT2D eigenvalue weighted by atomic mass is 16.5. The normalized spacial score (nSPS) is 13.5. The lowest BCUT2D eigenvalue weighted by Gasteiger charge is -2.28. The minimum atomic E-state index is -0.0508. The van der Waals surface area contributed by atoms with E-state index in [2.05, 4.69) is 16.9 Å². The van der Waals surface area contributed by atoms with Crippen molar-refractivity contribution >= 4 is 5.91 Å². The van der Waals surface area contributed by atoms with E-state index in [1.807, 2.05) is 9.58 Å². The van der Waals surface area contributed by atoms with Crippen LogP contribution in [0.25, 0.3) is 11.4 Å². The number of hydrogen-bond donors (Lipinski definition) is 0. The van der Waals surface area contributed by atoms with Crippen LogP contribution in [0.3, 0.4) is 0 Å². The number of aryl methyl sites for hydroxylation is 1. The molecule has 0 aliphatic carbocycles. The maximum Gasteiger partial charge on any atom is 0.255 e. The average molecular weight is 367 g/mol. The third-order valence-electron chi connectivity index (χ3n) is 4.72. The van der Waals surface area contributed by atoms with Gasteiger partial charge in [-0.3, -0.25) is 9.48 Å². The molecule has 0 unspecified atom stereocenters. The first kappa shape index (κ1) is 17.3. The molecule has 0 radical (unpaired) electrons. The van der Waals surface area contributed by atoms with E-state index in [4.69, 9.17) is 14.3 Å². The summed E-state index contributed by atoms with van der Waals surface area (Å²) in [4.78, 5) is 23.1. The molecule has 0 fully saturated rings. The molecule has 4 heterocycles. The van der Waals surface area contributed by atoms with Crippen LogP contribution >= 0.6 is 0 Å². The average Bonchev–Trinajstić information content (AvgIpc) is 3.36. The molecule has 3 aromatic rings. The van der Waals surface area contributed by atoms with Crippen molar-refractivity contribution in [1.82, 2.24) is 24.6 Å². The van der Waals surface area contributed by atoms with Gasteiger partial charge in [0.1, 0.15) is 17.7 Å². The topological polar surface area (TPSA) is 86.3 Å². The molecule has 0 spiro atoms. The summed E-state index contributed by atoms with van der Waals surface area (Å²) in [5, 5.41) is 4.74. The Hall–Kier alpha value is -3.16. The van der Waals surface area contributed by atoms with Crippen LogP contribution in [0, 0.1) is 0 Å². The largest absolute Gasteiger partial charge is 0.481 e. The van der Waals surface area contributed by atoms with Crippen LogP contribution in [0.15, 0.2) is 35.4 Å². The minimum Gasteiger partial charge on any atom is -0.481 e. The third-order valence-corrected chi connectivity index (χ3v) is 4.72. The second-order valence-corrected chi connectivity index (χ2v) is 6.44. The number of hydrogen-bond acceptors (Lipinski definition) is 6. The summed E-state index contributed by atoms with van der Waals surface area (Å²) in [5.74, 6) is 0.437. The molecule has 1 amide bonds. The van der Waals surface area contributed by atoms with E-state index in [1.54, 1.807) is 31.7 Å². The summed E-state index contributed by atoms with van der Waals surface area (Å²) < 4.78 is 12.2. The van der Waals surface area contributed by atoms with Gasteiger partial charge in [0.2, 0.25) is 5.88 Å².